The molecule has 53 heavy (non-hydrogen) atoms. The molecule has 2 heterocycles. The lowest BCUT2D eigenvalue weighted by atomic mass is 9.55. The number of oxime groups is 1. The Kier molecular flexibility index (Phi) is 11.9. The van der Waals surface area contributed by atoms with Gasteiger partial charge in [0.1, 0.15) is 23.1 Å². The Hall–Kier alpha value is -4.26. The van der Waals surface area contributed by atoms with E-state index < -0.39 is 29.4 Å². The topological polar surface area (TPSA) is 149 Å². The third-order valence-corrected chi connectivity index (χ3v) is 10.7. The Morgan fingerprint density at radius 2 is 1.77 bits per heavy atom. The van der Waals surface area contributed by atoms with Crippen molar-refractivity contribution in [3.63, 3.8) is 0 Å². The van der Waals surface area contributed by atoms with Crippen molar-refractivity contribution in [2.45, 2.75) is 95.6 Å². The SMILES string of the molecule is C=CCOC12Oc3ccc(O)cc3C3C(CCCCO)C(CCCCO)C=C(C(=NOC(C)(C)C)CC1N(Cc1ccc4c(c1)OCO4)C(=O)OC)C32. The summed E-state index contributed by atoms with van der Waals surface area (Å²) in [4.78, 5) is 21.9. The lowest BCUT2D eigenvalue weighted by Gasteiger charge is -2.59. The van der Waals surface area contributed by atoms with E-state index in [1.54, 1.807) is 29.2 Å². The first-order valence-electron chi connectivity index (χ1n) is 18.7. The van der Waals surface area contributed by atoms with Gasteiger partial charge in [0.2, 0.25) is 12.6 Å². The number of fused-ring (bicyclic) bond motifs is 3. The maximum Gasteiger partial charge on any atom is 0.410 e. The van der Waals surface area contributed by atoms with E-state index >= 15 is 0 Å². The summed E-state index contributed by atoms with van der Waals surface area (Å²) in [5.74, 6) is -0.205. The molecule has 0 aromatic heterocycles. The Balaban J connectivity index is 1.58. The minimum atomic E-state index is -1.45. The first-order valence-corrected chi connectivity index (χ1v) is 18.7. The summed E-state index contributed by atoms with van der Waals surface area (Å²) in [7, 11) is 1.36. The molecule has 1 amide bonds. The van der Waals surface area contributed by atoms with E-state index in [1.165, 1.54) is 7.11 Å². The van der Waals surface area contributed by atoms with Crippen molar-refractivity contribution in [1.82, 2.24) is 4.90 Å². The molecule has 0 radical (unpaired) electrons. The Labute approximate surface area is 312 Å². The number of hydrogen-bond acceptors (Lipinski definition) is 11. The number of ether oxygens (including phenoxy) is 5. The molecule has 1 saturated carbocycles. The molecule has 12 nitrogen and oxygen atoms in total. The molecule has 0 spiro atoms. The van der Waals surface area contributed by atoms with E-state index in [9.17, 15) is 20.1 Å². The highest BCUT2D eigenvalue weighted by Gasteiger charge is 2.65. The minimum absolute atomic E-state index is 0.0362. The molecule has 3 N–H and O–H groups in total. The Morgan fingerprint density at radius 3 is 2.49 bits per heavy atom. The van der Waals surface area contributed by atoms with Crippen LogP contribution in [0.15, 0.2) is 65.9 Å². The van der Waals surface area contributed by atoms with Crippen molar-refractivity contribution < 1.29 is 48.6 Å². The maximum atomic E-state index is 14.1. The number of nitrogens with zero attached hydrogens (tertiary/aromatic N) is 2. The second-order valence-electron chi connectivity index (χ2n) is 15.3. The number of methoxy groups -OCH3 is 1. The van der Waals surface area contributed by atoms with Crippen LogP contribution >= 0.6 is 0 Å². The van der Waals surface area contributed by atoms with Crippen molar-refractivity contribution in [2.24, 2.45) is 22.9 Å². The van der Waals surface area contributed by atoms with Crippen LogP contribution in [0.4, 0.5) is 4.79 Å². The number of amides is 1. The maximum absolute atomic E-state index is 14.1. The number of phenols is 1. The zero-order valence-corrected chi connectivity index (χ0v) is 31.3. The highest BCUT2D eigenvalue weighted by molar-refractivity contribution is 6.03. The molecule has 2 aromatic rings. The Morgan fingerprint density at radius 1 is 1.04 bits per heavy atom. The van der Waals surface area contributed by atoms with Crippen LogP contribution in [0.3, 0.4) is 0 Å². The van der Waals surface area contributed by atoms with Crippen molar-refractivity contribution >= 4 is 11.8 Å². The predicted molar refractivity (Wildman–Crippen MR) is 198 cm³/mol. The zero-order chi connectivity index (χ0) is 37.8. The smallest absolute Gasteiger partial charge is 0.410 e. The molecule has 6 unspecified atom stereocenters. The summed E-state index contributed by atoms with van der Waals surface area (Å²) in [6.45, 7) is 10.3. The highest BCUT2D eigenvalue weighted by Crippen LogP contribution is 2.62. The monoisotopic (exact) mass is 734 g/mol. The van der Waals surface area contributed by atoms with Crippen molar-refractivity contribution in [3.05, 3.63) is 71.8 Å². The van der Waals surface area contributed by atoms with Crippen LogP contribution in [0, 0.1) is 17.8 Å². The van der Waals surface area contributed by atoms with Gasteiger partial charge in [-0.15, -0.1) is 6.58 Å². The van der Waals surface area contributed by atoms with Crippen LogP contribution in [-0.2, 0) is 20.9 Å². The number of carbonyl (C=O) groups excluding carboxylic acids is 1. The average Bonchev–Trinajstić information content (AvgIpc) is 3.61. The number of aromatic hydroxyl groups is 1. The van der Waals surface area contributed by atoms with E-state index in [0.717, 1.165) is 42.4 Å². The summed E-state index contributed by atoms with van der Waals surface area (Å²) < 4.78 is 30.8. The fourth-order valence-corrected chi connectivity index (χ4v) is 8.50. The number of allylic oxidation sites excluding steroid dienone is 1. The third kappa shape index (κ3) is 8.00. The van der Waals surface area contributed by atoms with Gasteiger partial charge in [-0.1, -0.05) is 36.2 Å². The lowest BCUT2D eigenvalue weighted by molar-refractivity contribution is -0.256. The second kappa shape index (κ2) is 16.4. The molecular formula is C41H54N2O10. The largest absolute Gasteiger partial charge is 0.508 e. The van der Waals surface area contributed by atoms with Crippen molar-refractivity contribution in [1.29, 1.82) is 0 Å². The number of phenolic OH excluding ortho intramolecular Hbond substituents is 1. The number of benzene rings is 2. The molecule has 0 saturated heterocycles. The van der Waals surface area contributed by atoms with Gasteiger partial charge in [0, 0.05) is 37.7 Å². The van der Waals surface area contributed by atoms with Gasteiger partial charge < -0.3 is 43.8 Å². The number of hydrogen-bond donors (Lipinski definition) is 3. The molecule has 2 aliphatic carbocycles. The predicted octanol–water partition coefficient (Wildman–Crippen LogP) is 6.82. The minimum Gasteiger partial charge on any atom is -0.508 e. The van der Waals surface area contributed by atoms with Gasteiger partial charge >= 0.3 is 6.09 Å². The van der Waals surface area contributed by atoms with E-state index in [-0.39, 0.29) is 63.1 Å². The number of carbonyl (C=O) groups is 1. The fourth-order valence-electron chi connectivity index (χ4n) is 8.50. The van der Waals surface area contributed by atoms with E-state index in [0.29, 0.717) is 35.8 Å². The molecule has 288 valence electrons. The number of aliphatic hydroxyl groups is 2. The van der Waals surface area contributed by atoms with E-state index in [2.05, 4.69) is 12.7 Å². The first-order chi connectivity index (χ1) is 25.5. The zero-order valence-electron chi connectivity index (χ0n) is 31.3. The quantitative estimate of drug-likeness (QED) is 0.101. The normalized spacial score (nSPS) is 26.2. The van der Waals surface area contributed by atoms with Gasteiger partial charge in [0.25, 0.3) is 0 Å². The van der Waals surface area contributed by atoms with Crippen LogP contribution in [0.1, 0.15) is 82.8 Å². The number of rotatable bonds is 15. The lowest BCUT2D eigenvalue weighted by Crippen LogP contribution is -2.70. The summed E-state index contributed by atoms with van der Waals surface area (Å²) in [5, 5.41) is 35.3. The van der Waals surface area contributed by atoms with Gasteiger partial charge in [0.15, 0.2) is 11.5 Å². The van der Waals surface area contributed by atoms with Crippen LogP contribution in [0.5, 0.6) is 23.0 Å². The fraction of sp³-hybridized carbons (Fsp3) is 0.561. The molecule has 6 atom stereocenters. The van der Waals surface area contributed by atoms with Gasteiger partial charge in [-0.05, 0) is 99.8 Å². The van der Waals surface area contributed by atoms with Gasteiger partial charge in [-0.3, -0.25) is 4.90 Å². The molecule has 1 fully saturated rings. The van der Waals surface area contributed by atoms with Gasteiger partial charge in [0.05, 0.1) is 25.3 Å². The van der Waals surface area contributed by atoms with E-state index in [1.807, 2.05) is 39.0 Å². The molecular weight excluding hydrogens is 680 g/mol. The molecule has 2 aromatic carbocycles. The number of unbranched alkanes of at least 4 members (excludes halogenated alkanes) is 2. The van der Waals surface area contributed by atoms with E-state index in [4.69, 9.17) is 33.7 Å². The first kappa shape index (κ1) is 38.5. The molecule has 6 rings (SSSR count). The molecule has 12 heteroatoms. The molecule has 2 aliphatic heterocycles. The standard InChI is InChI=1S/C41H54N2O10/c1-6-19-51-41-36(43(39(47)48-5)24-26-13-15-34-35(20-26)50-25-49-34)23-32(42-53-40(2,3)4)30-21-27(11-7-9-17-44)29(12-8-10-18-45)37(38(30)41)31-22-28(46)14-16-33(31)52-41/h6,13-16,20-22,27,29,36-38,44-46H,1,7-12,17-19,23-25H2,2-5H3. The molecule has 4 aliphatic rings. The summed E-state index contributed by atoms with van der Waals surface area (Å²) in [5.41, 5.74) is 2.61. The van der Waals surface area contributed by atoms with Crippen LogP contribution in [0.2, 0.25) is 0 Å². The highest BCUT2D eigenvalue weighted by atomic mass is 16.7. The van der Waals surface area contributed by atoms with Crippen molar-refractivity contribution in [3.8, 4) is 23.0 Å². The third-order valence-electron chi connectivity index (χ3n) is 10.7. The summed E-state index contributed by atoms with van der Waals surface area (Å²) >= 11 is 0. The van der Waals surface area contributed by atoms with Crippen molar-refractivity contribution in [2.75, 3.05) is 33.7 Å². The van der Waals surface area contributed by atoms with Gasteiger partial charge in [-0.25, -0.2) is 4.79 Å². The van der Waals surface area contributed by atoms with Gasteiger partial charge in [-0.2, -0.15) is 0 Å². The summed E-state index contributed by atoms with van der Waals surface area (Å²) in [6, 6.07) is 9.95. The van der Waals surface area contributed by atoms with Crippen LogP contribution in [0.25, 0.3) is 0 Å². The van der Waals surface area contributed by atoms with Crippen LogP contribution in [-0.4, -0.2) is 83.2 Å². The Bertz CT molecular complexity index is 1680. The molecule has 0 bridgehead atoms. The average molecular weight is 735 g/mol. The summed E-state index contributed by atoms with van der Waals surface area (Å²) in [6.07, 6.45) is 8.13. The second-order valence-corrected chi connectivity index (χ2v) is 15.3. The van der Waals surface area contributed by atoms with Crippen LogP contribution < -0.4 is 14.2 Å². The number of aliphatic hydroxyl groups excluding tert-OH is 2.